The maximum absolute atomic E-state index is 2.49. The predicted molar refractivity (Wildman–Crippen MR) is 325 cm³/mol. The van der Waals surface area contributed by atoms with Crippen LogP contribution in [0.5, 0.6) is 0 Å². The van der Waals surface area contributed by atoms with Crippen LogP contribution in [0.4, 0.5) is 34.1 Å². The van der Waals surface area contributed by atoms with Gasteiger partial charge in [-0.2, -0.15) is 0 Å². The van der Waals surface area contributed by atoms with E-state index >= 15 is 0 Å². The normalized spacial score (nSPS) is 11.7. The molecule has 0 saturated heterocycles. The zero-order valence-corrected chi connectivity index (χ0v) is 41.7. The molecule has 1 heterocycles. The first-order valence-electron chi connectivity index (χ1n) is 25.7. The van der Waals surface area contributed by atoms with Gasteiger partial charge in [-0.15, -0.1) is 11.3 Å². The van der Waals surface area contributed by atoms with E-state index in [2.05, 4.69) is 289 Å². The van der Waals surface area contributed by atoms with Crippen LogP contribution < -0.4 is 9.80 Å². The molecule has 0 amide bonds. The Kier molecular flexibility index (Phi) is 10.1. The number of hydrogen-bond donors (Lipinski definition) is 0. The van der Waals surface area contributed by atoms with Gasteiger partial charge in [0.1, 0.15) is 0 Å². The molecule has 3 heteroatoms. The first-order chi connectivity index (χ1) is 37.2. The van der Waals surface area contributed by atoms with Crippen molar-refractivity contribution < 1.29 is 0 Å². The molecule has 0 bridgehead atoms. The lowest BCUT2D eigenvalue weighted by Crippen LogP contribution is -2.11. The molecular weight excluding hydrogens is 925 g/mol. The molecule has 0 spiro atoms. The summed E-state index contributed by atoms with van der Waals surface area (Å²) in [6, 6.07) is 103. The minimum atomic E-state index is 1.11. The van der Waals surface area contributed by atoms with Crippen LogP contribution in [-0.4, -0.2) is 0 Å². The number of benzene rings is 14. The summed E-state index contributed by atoms with van der Waals surface area (Å²) >= 11 is 1.84. The molecule has 0 atom stereocenters. The van der Waals surface area contributed by atoms with Crippen molar-refractivity contribution in [3.8, 4) is 20.9 Å². The zero-order valence-electron chi connectivity index (χ0n) is 40.9. The number of rotatable bonds is 8. The maximum Gasteiger partial charge on any atom is 0.0546 e. The van der Waals surface area contributed by atoms with Crippen LogP contribution in [0.15, 0.2) is 279 Å². The van der Waals surface area contributed by atoms with Crippen molar-refractivity contribution in [2.45, 2.75) is 0 Å². The molecule has 0 fully saturated rings. The van der Waals surface area contributed by atoms with E-state index in [4.69, 9.17) is 0 Å². The quantitative estimate of drug-likeness (QED) is 0.140. The molecule has 0 aliphatic carbocycles. The van der Waals surface area contributed by atoms with Crippen molar-refractivity contribution in [1.82, 2.24) is 0 Å². The molecule has 0 saturated carbocycles. The van der Waals surface area contributed by atoms with Crippen molar-refractivity contribution in [2.75, 3.05) is 9.80 Å². The lowest BCUT2D eigenvalue weighted by Gasteiger charge is -2.29. The highest BCUT2D eigenvalue weighted by molar-refractivity contribution is 7.18. The zero-order chi connectivity index (χ0) is 49.4. The average Bonchev–Trinajstić information content (AvgIpc) is 3.99. The molecular formula is C72H46N2S. The maximum atomic E-state index is 2.49. The smallest absolute Gasteiger partial charge is 0.0546 e. The molecule has 0 unspecified atom stereocenters. The summed E-state index contributed by atoms with van der Waals surface area (Å²) in [5.41, 5.74) is 9.21. The summed E-state index contributed by atoms with van der Waals surface area (Å²) in [6.07, 6.45) is 0. The van der Waals surface area contributed by atoms with E-state index in [0.717, 1.165) is 34.1 Å². The Balaban J connectivity index is 0.833. The number of hydrogen-bond acceptors (Lipinski definition) is 3. The molecule has 0 radical (unpaired) electrons. The third-order valence-corrected chi connectivity index (χ3v) is 16.6. The van der Waals surface area contributed by atoms with E-state index in [9.17, 15) is 0 Å². The van der Waals surface area contributed by atoms with Gasteiger partial charge in [-0.05, 0) is 136 Å². The van der Waals surface area contributed by atoms with Crippen LogP contribution in [0.2, 0.25) is 0 Å². The minimum Gasteiger partial charge on any atom is -0.309 e. The topological polar surface area (TPSA) is 6.48 Å². The summed E-state index contributed by atoms with van der Waals surface area (Å²) in [6.45, 7) is 0. The Bertz CT molecular complexity index is 4190. The fraction of sp³-hybridized carbons (Fsp3) is 0. The molecule has 0 aliphatic heterocycles. The van der Waals surface area contributed by atoms with Gasteiger partial charge >= 0.3 is 0 Å². The number of fused-ring (bicyclic) bond motifs is 12. The highest BCUT2D eigenvalue weighted by Gasteiger charge is 2.23. The summed E-state index contributed by atoms with van der Waals surface area (Å²) in [5.74, 6) is 0. The second kappa shape index (κ2) is 17.6. The molecule has 14 aromatic carbocycles. The van der Waals surface area contributed by atoms with Crippen molar-refractivity contribution >= 4 is 132 Å². The van der Waals surface area contributed by atoms with Gasteiger partial charge in [-0.3, -0.25) is 0 Å². The van der Waals surface area contributed by atoms with Gasteiger partial charge in [0.15, 0.2) is 0 Å². The van der Waals surface area contributed by atoms with E-state index in [0.29, 0.717) is 0 Å². The largest absolute Gasteiger partial charge is 0.309 e. The third-order valence-electron chi connectivity index (χ3n) is 15.4. The lowest BCUT2D eigenvalue weighted by atomic mass is 9.96. The first-order valence-corrected chi connectivity index (χ1v) is 26.5. The monoisotopic (exact) mass is 970 g/mol. The van der Waals surface area contributed by atoms with Gasteiger partial charge < -0.3 is 9.80 Å². The minimum absolute atomic E-state index is 1.11. The molecule has 0 aliphatic rings. The highest BCUT2D eigenvalue weighted by atomic mass is 32.1. The number of thiophene rings is 1. The van der Waals surface area contributed by atoms with E-state index in [1.807, 2.05) is 11.3 Å². The Morgan fingerprint density at radius 1 is 0.200 bits per heavy atom. The third kappa shape index (κ3) is 7.16. The Morgan fingerprint density at radius 2 is 0.427 bits per heavy atom. The predicted octanol–water partition coefficient (Wildman–Crippen LogP) is 21.2. The molecule has 2 nitrogen and oxygen atoms in total. The summed E-state index contributed by atoms with van der Waals surface area (Å²) in [5, 5.41) is 19.7. The van der Waals surface area contributed by atoms with Crippen LogP contribution in [0.3, 0.4) is 0 Å². The van der Waals surface area contributed by atoms with E-state index in [1.165, 1.54) is 107 Å². The molecule has 350 valence electrons. The molecule has 15 aromatic rings. The van der Waals surface area contributed by atoms with Gasteiger partial charge in [-0.25, -0.2) is 0 Å². The van der Waals surface area contributed by atoms with Crippen molar-refractivity contribution in [1.29, 1.82) is 0 Å². The van der Waals surface area contributed by atoms with Crippen LogP contribution in [0.25, 0.3) is 107 Å². The second-order valence-electron chi connectivity index (χ2n) is 19.6. The fourth-order valence-electron chi connectivity index (χ4n) is 11.9. The van der Waals surface area contributed by atoms with E-state index < -0.39 is 0 Å². The molecule has 15 rings (SSSR count). The SMILES string of the molecule is c1ccc2c(c1)cc(N(c1ccc(-c3ccc(-c4ccc(N(c5cc6ccccc6c6ccccc56)c5cc6ccccc6c6ccccc56)cc4)s3)cc1)c1cc3ccccc3c3ccccc13)c1ccccc12. The van der Waals surface area contributed by atoms with Gasteiger partial charge in [-0.1, -0.05) is 218 Å². The Morgan fingerprint density at radius 3 is 0.693 bits per heavy atom. The van der Waals surface area contributed by atoms with Gasteiger partial charge in [0.05, 0.1) is 22.7 Å². The van der Waals surface area contributed by atoms with Crippen LogP contribution in [0, 0.1) is 0 Å². The summed E-state index contributed by atoms with van der Waals surface area (Å²) in [4.78, 5) is 7.43. The van der Waals surface area contributed by atoms with Gasteiger partial charge in [0.25, 0.3) is 0 Å². The molecule has 0 N–H and O–H groups in total. The van der Waals surface area contributed by atoms with Crippen LogP contribution >= 0.6 is 11.3 Å². The van der Waals surface area contributed by atoms with Gasteiger partial charge in [0.2, 0.25) is 0 Å². The standard InChI is InChI=1S/C72H46N2S/c1-5-21-55-49(17-1)43-67(63-29-13-9-25-59(55)63)73(68-44-50-18-2-6-22-56(50)60-26-10-14-30-64(60)68)53-37-33-47(34-38-53)71-41-42-72(75-71)48-35-39-54(40-36-48)74(69-45-51-19-3-7-23-57(51)61-27-11-15-31-65(61)69)70-46-52-20-4-8-24-58(52)62-28-12-16-32-66(62)70/h1-46H. The van der Waals surface area contributed by atoms with E-state index in [1.54, 1.807) is 0 Å². The van der Waals surface area contributed by atoms with Crippen LogP contribution in [0.1, 0.15) is 0 Å². The highest BCUT2D eigenvalue weighted by Crippen LogP contribution is 2.49. The fourth-order valence-corrected chi connectivity index (χ4v) is 12.9. The van der Waals surface area contributed by atoms with Crippen molar-refractivity contribution in [2.24, 2.45) is 0 Å². The van der Waals surface area contributed by atoms with Crippen molar-refractivity contribution in [3.05, 3.63) is 279 Å². The summed E-state index contributed by atoms with van der Waals surface area (Å²) in [7, 11) is 0. The Labute approximate surface area is 438 Å². The van der Waals surface area contributed by atoms with Crippen LogP contribution in [-0.2, 0) is 0 Å². The Hall–Kier alpha value is -9.54. The summed E-state index contributed by atoms with van der Waals surface area (Å²) < 4.78 is 0. The van der Waals surface area contributed by atoms with Gasteiger partial charge in [0, 0.05) is 42.7 Å². The average molecular weight is 971 g/mol. The van der Waals surface area contributed by atoms with Crippen molar-refractivity contribution in [3.63, 3.8) is 0 Å². The first kappa shape index (κ1) is 43.1. The number of anilines is 6. The second-order valence-corrected chi connectivity index (χ2v) is 20.7. The number of nitrogens with zero attached hydrogens (tertiary/aromatic N) is 2. The molecule has 75 heavy (non-hydrogen) atoms. The van der Waals surface area contributed by atoms with E-state index in [-0.39, 0.29) is 0 Å². The lowest BCUT2D eigenvalue weighted by molar-refractivity contribution is 1.32. The molecule has 1 aromatic heterocycles.